The molecule has 0 aromatic carbocycles. The highest BCUT2D eigenvalue weighted by Gasteiger charge is 2.12. The second kappa shape index (κ2) is 6.85. The van der Waals surface area contributed by atoms with Crippen molar-refractivity contribution >= 4 is 0 Å². The minimum atomic E-state index is 0.611. The smallest absolute Gasteiger partial charge is 0.0305 e. The molecule has 1 rings (SSSR count). The maximum atomic E-state index is 3.53. The highest BCUT2D eigenvalue weighted by Crippen LogP contribution is 2.22. The van der Waals surface area contributed by atoms with Gasteiger partial charge in [0.05, 0.1) is 0 Å². The van der Waals surface area contributed by atoms with E-state index in [9.17, 15) is 0 Å². The van der Waals surface area contributed by atoms with Crippen LogP contribution in [0, 0.1) is 13.8 Å². The number of nitrogens with zero attached hydrogens (tertiary/aromatic N) is 1. The second-order valence-corrected chi connectivity index (χ2v) is 5.05. The molecule has 1 aromatic rings. The summed E-state index contributed by atoms with van der Waals surface area (Å²) >= 11 is 0. The van der Waals surface area contributed by atoms with Crippen molar-refractivity contribution in [3.8, 4) is 0 Å². The summed E-state index contributed by atoms with van der Waals surface area (Å²) in [5, 5.41) is 3.53. The van der Waals surface area contributed by atoms with Crippen LogP contribution in [-0.2, 0) is 6.54 Å². The van der Waals surface area contributed by atoms with Crippen LogP contribution in [0.4, 0.5) is 0 Å². The van der Waals surface area contributed by atoms with Crippen molar-refractivity contribution in [2.45, 2.75) is 66.5 Å². The molecule has 17 heavy (non-hydrogen) atoms. The second-order valence-electron chi connectivity index (χ2n) is 5.05. The first-order chi connectivity index (χ1) is 8.11. The summed E-state index contributed by atoms with van der Waals surface area (Å²) in [5.74, 6) is 0. The Labute approximate surface area is 106 Å². The van der Waals surface area contributed by atoms with Crippen LogP contribution >= 0.6 is 0 Å². The molecule has 0 aliphatic rings. The van der Waals surface area contributed by atoms with E-state index < -0.39 is 0 Å². The molecule has 1 heterocycles. The van der Waals surface area contributed by atoms with Crippen molar-refractivity contribution in [2.75, 3.05) is 6.54 Å². The van der Waals surface area contributed by atoms with Crippen LogP contribution in [0.25, 0.3) is 0 Å². The van der Waals surface area contributed by atoms with Gasteiger partial charge >= 0.3 is 0 Å². The molecule has 0 spiro atoms. The van der Waals surface area contributed by atoms with Crippen LogP contribution in [0.2, 0.25) is 0 Å². The summed E-state index contributed by atoms with van der Waals surface area (Å²) in [6, 6.07) is 2.94. The summed E-state index contributed by atoms with van der Waals surface area (Å²) < 4.78 is 2.47. The topological polar surface area (TPSA) is 17.0 Å². The van der Waals surface area contributed by atoms with Crippen molar-refractivity contribution in [3.63, 3.8) is 0 Å². The Morgan fingerprint density at radius 2 is 2.00 bits per heavy atom. The van der Waals surface area contributed by atoms with E-state index in [2.05, 4.69) is 50.6 Å². The summed E-state index contributed by atoms with van der Waals surface area (Å²) in [6.07, 6.45) is 3.72. The van der Waals surface area contributed by atoms with Crippen molar-refractivity contribution in [1.82, 2.24) is 9.88 Å². The Balaban J connectivity index is 2.68. The van der Waals surface area contributed by atoms with Gasteiger partial charge in [-0.25, -0.2) is 0 Å². The highest BCUT2D eigenvalue weighted by atomic mass is 15.0. The SMILES string of the molecule is CCCCNCc1cc(C)n(C(C)CC)c1C. The Kier molecular flexibility index (Phi) is 5.76. The Morgan fingerprint density at radius 1 is 1.29 bits per heavy atom. The molecule has 0 aliphatic heterocycles. The molecular weight excluding hydrogens is 208 g/mol. The maximum absolute atomic E-state index is 3.53. The van der Waals surface area contributed by atoms with Crippen molar-refractivity contribution in [3.05, 3.63) is 23.0 Å². The lowest BCUT2D eigenvalue weighted by Gasteiger charge is -2.17. The summed E-state index contributed by atoms with van der Waals surface area (Å²) in [4.78, 5) is 0. The van der Waals surface area contributed by atoms with Gasteiger partial charge in [0.15, 0.2) is 0 Å². The Morgan fingerprint density at radius 3 is 2.59 bits per heavy atom. The molecule has 98 valence electrons. The predicted molar refractivity (Wildman–Crippen MR) is 75.5 cm³/mol. The number of aryl methyl sites for hydroxylation is 1. The summed E-state index contributed by atoms with van der Waals surface area (Å²) in [5.41, 5.74) is 4.28. The van der Waals surface area contributed by atoms with Crippen LogP contribution in [0.3, 0.4) is 0 Å². The number of hydrogen-bond donors (Lipinski definition) is 1. The zero-order chi connectivity index (χ0) is 12.8. The predicted octanol–water partition coefficient (Wildman–Crippen LogP) is 3.97. The monoisotopic (exact) mass is 236 g/mol. The van der Waals surface area contributed by atoms with Gasteiger partial charge in [-0.05, 0) is 51.8 Å². The van der Waals surface area contributed by atoms with E-state index >= 15 is 0 Å². The molecule has 0 aliphatic carbocycles. The fraction of sp³-hybridized carbons (Fsp3) is 0.733. The zero-order valence-corrected chi connectivity index (χ0v) is 12.1. The van der Waals surface area contributed by atoms with Crippen molar-refractivity contribution < 1.29 is 0 Å². The van der Waals surface area contributed by atoms with Crippen LogP contribution in [-0.4, -0.2) is 11.1 Å². The van der Waals surface area contributed by atoms with Crippen LogP contribution in [0.15, 0.2) is 6.07 Å². The molecule has 0 saturated carbocycles. The number of aromatic nitrogens is 1. The fourth-order valence-electron chi connectivity index (χ4n) is 2.41. The summed E-state index contributed by atoms with van der Waals surface area (Å²) in [7, 11) is 0. The maximum Gasteiger partial charge on any atom is 0.0305 e. The van der Waals surface area contributed by atoms with Gasteiger partial charge in [0, 0.05) is 24.0 Å². The first-order valence-electron chi connectivity index (χ1n) is 6.99. The van der Waals surface area contributed by atoms with Gasteiger partial charge in [0.2, 0.25) is 0 Å². The van der Waals surface area contributed by atoms with Gasteiger partial charge in [-0.1, -0.05) is 20.3 Å². The molecule has 2 heteroatoms. The lowest BCUT2D eigenvalue weighted by atomic mass is 10.2. The Bertz CT molecular complexity index is 339. The third kappa shape index (κ3) is 3.60. The van der Waals surface area contributed by atoms with E-state index in [0.29, 0.717) is 6.04 Å². The molecule has 0 saturated heterocycles. The van der Waals surface area contributed by atoms with Crippen LogP contribution in [0.1, 0.15) is 63.0 Å². The normalized spacial score (nSPS) is 13.0. The number of unbranched alkanes of at least 4 members (excludes halogenated alkanes) is 1. The fourth-order valence-corrected chi connectivity index (χ4v) is 2.41. The van der Waals surface area contributed by atoms with E-state index in [-0.39, 0.29) is 0 Å². The van der Waals surface area contributed by atoms with Gasteiger partial charge in [-0.15, -0.1) is 0 Å². The molecule has 0 radical (unpaired) electrons. The summed E-state index contributed by atoms with van der Waals surface area (Å²) in [6.45, 7) is 13.4. The first kappa shape index (κ1) is 14.3. The average molecular weight is 236 g/mol. The first-order valence-corrected chi connectivity index (χ1v) is 6.99. The quantitative estimate of drug-likeness (QED) is 0.709. The molecule has 1 atom stereocenters. The molecule has 0 bridgehead atoms. The van der Waals surface area contributed by atoms with Crippen LogP contribution in [0.5, 0.6) is 0 Å². The largest absolute Gasteiger partial charge is 0.346 e. The minimum Gasteiger partial charge on any atom is -0.346 e. The van der Waals surface area contributed by atoms with Gasteiger partial charge in [0.1, 0.15) is 0 Å². The minimum absolute atomic E-state index is 0.611. The van der Waals surface area contributed by atoms with Gasteiger partial charge < -0.3 is 9.88 Å². The molecule has 1 unspecified atom stereocenters. The van der Waals surface area contributed by atoms with Crippen molar-refractivity contribution in [1.29, 1.82) is 0 Å². The molecule has 1 N–H and O–H groups in total. The van der Waals surface area contributed by atoms with E-state index in [4.69, 9.17) is 0 Å². The average Bonchev–Trinajstić information content (AvgIpc) is 2.59. The number of hydrogen-bond acceptors (Lipinski definition) is 1. The van der Waals surface area contributed by atoms with Gasteiger partial charge in [-0.2, -0.15) is 0 Å². The molecule has 0 fully saturated rings. The van der Waals surface area contributed by atoms with E-state index in [1.807, 2.05) is 0 Å². The van der Waals surface area contributed by atoms with E-state index in [0.717, 1.165) is 13.1 Å². The zero-order valence-electron chi connectivity index (χ0n) is 12.1. The third-order valence-electron chi connectivity index (χ3n) is 3.64. The molecule has 0 amide bonds. The lowest BCUT2D eigenvalue weighted by molar-refractivity contribution is 0.509. The van der Waals surface area contributed by atoms with Gasteiger partial charge in [0.25, 0.3) is 0 Å². The molecule has 2 nitrogen and oxygen atoms in total. The van der Waals surface area contributed by atoms with Crippen LogP contribution < -0.4 is 5.32 Å². The molecule has 1 aromatic heterocycles. The van der Waals surface area contributed by atoms with Crippen molar-refractivity contribution in [2.24, 2.45) is 0 Å². The number of nitrogens with one attached hydrogen (secondary N) is 1. The highest BCUT2D eigenvalue weighted by molar-refractivity contribution is 5.27. The number of rotatable bonds is 7. The van der Waals surface area contributed by atoms with E-state index in [1.54, 1.807) is 0 Å². The third-order valence-corrected chi connectivity index (χ3v) is 3.64. The Hall–Kier alpha value is -0.760. The van der Waals surface area contributed by atoms with Gasteiger partial charge in [-0.3, -0.25) is 0 Å². The lowest BCUT2D eigenvalue weighted by Crippen LogP contribution is -2.15. The standard InChI is InChI=1S/C15H28N2/c1-6-8-9-16-11-15-10-13(4)17(14(15)5)12(3)7-2/h10,12,16H,6-9,11H2,1-5H3. The van der Waals surface area contributed by atoms with E-state index in [1.165, 1.54) is 36.2 Å². The molecular formula is C15H28N2.